The monoisotopic (exact) mass is 312 g/mol. The Kier molecular flexibility index (Phi) is 6.24. The summed E-state index contributed by atoms with van der Waals surface area (Å²) in [4.78, 5) is 14.4. The lowest BCUT2D eigenvalue weighted by Crippen LogP contribution is -2.56. The first-order chi connectivity index (χ1) is 10.5. The van der Waals surface area contributed by atoms with Crippen molar-refractivity contribution in [3.05, 3.63) is 0 Å². The Hall–Kier alpha value is -0.650. The molecule has 0 unspecified atom stereocenters. The van der Waals surface area contributed by atoms with Crippen molar-refractivity contribution in [2.24, 2.45) is 0 Å². The summed E-state index contributed by atoms with van der Waals surface area (Å²) in [6, 6.07) is 0. The largest absolute Gasteiger partial charge is 0.395 e. The molecule has 0 saturated heterocycles. The molecule has 0 aromatic rings. The predicted octanol–water partition coefficient (Wildman–Crippen LogP) is 1.42. The fourth-order valence-corrected chi connectivity index (χ4v) is 4.12. The smallest absolute Gasteiger partial charge is 0.222 e. The van der Waals surface area contributed by atoms with Gasteiger partial charge in [-0.05, 0) is 32.7 Å². The fourth-order valence-electron chi connectivity index (χ4n) is 4.12. The number of carbonyl (C=O) groups is 1. The van der Waals surface area contributed by atoms with Crippen LogP contribution in [0.5, 0.6) is 0 Å². The van der Waals surface area contributed by atoms with Gasteiger partial charge in [0.15, 0.2) is 0 Å². The number of hydrogen-bond acceptors (Lipinski definition) is 4. The number of nitrogens with zero attached hydrogens (tertiary/aromatic N) is 1. The van der Waals surface area contributed by atoms with E-state index in [1.165, 1.54) is 19.3 Å². The summed E-state index contributed by atoms with van der Waals surface area (Å²) in [6.07, 6.45) is 9.49. The maximum Gasteiger partial charge on any atom is 0.222 e. The third-order valence-corrected chi connectivity index (χ3v) is 5.67. The lowest BCUT2D eigenvalue weighted by atomic mass is 9.80. The number of carbonyl (C=O) groups excluding carboxylic acids is 1. The normalized spacial score (nSPS) is 23.6. The summed E-state index contributed by atoms with van der Waals surface area (Å²) < 4.78 is 0. The van der Waals surface area contributed by atoms with Crippen molar-refractivity contribution in [2.45, 2.75) is 75.3 Å². The van der Waals surface area contributed by atoms with Crippen molar-refractivity contribution in [1.82, 2.24) is 10.2 Å². The van der Waals surface area contributed by atoms with Gasteiger partial charge in [0.05, 0.1) is 18.6 Å². The second-order valence-corrected chi connectivity index (χ2v) is 7.32. The molecule has 3 N–H and O–H groups in total. The maximum atomic E-state index is 12.2. The van der Waals surface area contributed by atoms with E-state index in [1.807, 2.05) is 7.05 Å². The lowest BCUT2D eigenvalue weighted by Gasteiger charge is -2.45. The van der Waals surface area contributed by atoms with Crippen LogP contribution in [0.15, 0.2) is 0 Å². The Labute approximate surface area is 134 Å². The molecule has 0 radical (unpaired) electrons. The number of amides is 1. The van der Waals surface area contributed by atoms with Crippen LogP contribution in [0.1, 0.15) is 64.2 Å². The van der Waals surface area contributed by atoms with Crippen LogP contribution in [-0.4, -0.2) is 58.9 Å². The zero-order valence-electron chi connectivity index (χ0n) is 13.9. The van der Waals surface area contributed by atoms with Gasteiger partial charge >= 0.3 is 0 Å². The predicted molar refractivity (Wildman–Crippen MR) is 86.6 cm³/mol. The van der Waals surface area contributed by atoms with Gasteiger partial charge in [-0.15, -0.1) is 0 Å². The second kappa shape index (κ2) is 7.75. The van der Waals surface area contributed by atoms with Gasteiger partial charge in [-0.1, -0.05) is 32.1 Å². The molecule has 1 amide bonds. The summed E-state index contributed by atoms with van der Waals surface area (Å²) in [5.74, 6) is -0.0354. The van der Waals surface area contributed by atoms with Crippen molar-refractivity contribution < 1.29 is 15.0 Å². The molecule has 0 aromatic heterocycles. The van der Waals surface area contributed by atoms with Crippen LogP contribution in [0.25, 0.3) is 0 Å². The van der Waals surface area contributed by atoms with Crippen LogP contribution in [0, 0.1) is 0 Å². The molecule has 0 heterocycles. The Morgan fingerprint density at radius 3 is 2.27 bits per heavy atom. The number of aliphatic hydroxyl groups is 2. The van der Waals surface area contributed by atoms with Gasteiger partial charge in [0.25, 0.3) is 0 Å². The minimum Gasteiger partial charge on any atom is -0.395 e. The first-order valence-electron chi connectivity index (χ1n) is 8.81. The third kappa shape index (κ3) is 4.43. The molecule has 5 nitrogen and oxygen atoms in total. The molecule has 128 valence electrons. The molecule has 2 saturated carbocycles. The lowest BCUT2D eigenvalue weighted by molar-refractivity contribution is -0.126. The van der Waals surface area contributed by atoms with E-state index >= 15 is 0 Å². The fraction of sp³-hybridized carbons (Fsp3) is 0.941. The van der Waals surface area contributed by atoms with Crippen molar-refractivity contribution in [3.63, 3.8) is 0 Å². The standard InChI is InChI=1S/C17H32N2O3/c1-19(11-12-20)16(7-3-2-4-8-16)14-18-15(21)13-17(22)9-5-6-10-17/h20,22H,2-14H2,1H3,(H,18,21). The van der Waals surface area contributed by atoms with Gasteiger partial charge < -0.3 is 15.5 Å². The van der Waals surface area contributed by atoms with E-state index in [9.17, 15) is 15.0 Å². The summed E-state index contributed by atoms with van der Waals surface area (Å²) in [7, 11) is 2.04. The number of nitrogens with one attached hydrogen (secondary N) is 1. The quantitative estimate of drug-likeness (QED) is 0.665. The van der Waals surface area contributed by atoms with Gasteiger partial charge in [-0.25, -0.2) is 0 Å². The van der Waals surface area contributed by atoms with E-state index in [1.54, 1.807) is 0 Å². The van der Waals surface area contributed by atoms with Crippen LogP contribution < -0.4 is 5.32 Å². The van der Waals surface area contributed by atoms with Crippen molar-refractivity contribution >= 4 is 5.91 Å². The van der Waals surface area contributed by atoms with E-state index in [-0.39, 0.29) is 24.5 Å². The van der Waals surface area contributed by atoms with Crippen LogP contribution in [0.4, 0.5) is 0 Å². The highest BCUT2D eigenvalue weighted by Gasteiger charge is 2.37. The number of β-amino-alcohol motifs (C(OH)–C–C–N with tert-alkyl or cyclic N) is 1. The molecular weight excluding hydrogens is 280 g/mol. The Morgan fingerprint density at radius 1 is 1.09 bits per heavy atom. The van der Waals surface area contributed by atoms with Crippen molar-refractivity contribution in [3.8, 4) is 0 Å². The molecule has 0 atom stereocenters. The number of likely N-dealkylation sites (N-methyl/N-ethyl adjacent to an activating group) is 1. The first-order valence-corrected chi connectivity index (χ1v) is 8.81. The van der Waals surface area contributed by atoms with Gasteiger partial charge in [0.1, 0.15) is 0 Å². The van der Waals surface area contributed by atoms with E-state index in [4.69, 9.17) is 0 Å². The summed E-state index contributed by atoms with van der Waals surface area (Å²) in [5, 5.41) is 22.6. The Morgan fingerprint density at radius 2 is 1.68 bits per heavy atom. The molecule has 0 aromatic carbocycles. The molecule has 2 rings (SSSR count). The molecular formula is C17H32N2O3. The van der Waals surface area contributed by atoms with Gasteiger partial charge in [0, 0.05) is 18.6 Å². The highest BCUT2D eigenvalue weighted by molar-refractivity contribution is 5.77. The Balaban J connectivity index is 1.88. The highest BCUT2D eigenvalue weighted by atomic mass is 16.3. The molecule has 22 heavy (non-hydrogen) atoms. The molecule has 2 aliphatic carbocycles. The number of hydrogen-bond donors (Lipinski definition) is 3. The average molecular weight is 312 g/mol. The van der Waals surface area contributed by atoms with Gasteiger partial charge in [0.2, 0.25) is 5.91 Å². The summed E-state index contributed by atoms with van der Waals surface area (Å²) in [5.41, 5.74) is -0.810. The van der Waals surface area contributed by atoms with Crippen LogP contribution in [0.2, 0.25) is 0 Å². The topological polar surface area (TPSA) is 72.8 Å². The van der Waals surface area contributed by atoms with E-state index in [2.05, 4.69) is 10.2 Å². The summed E-state index contributed by atoms with van der Waals surface area (Å²) >= 11 is 0. The van der Waals surface area contributed by atoms with E-state index < -0.39 is 5.60 Å². The zero-order valence-corrected chi connectivity index (χ0v) is 13.9. The van der Waals surface area contributed by atoms with E-state index in [0.717, 1.165) is 38.5 Å². The molecule has 2 aliphatic rings. The zero-order chi connectivity index (χ0) is 16.1. The summed E-state index contributed by atoms with van der Waals surface area (Å²) in [6.45, 7) is 1.41. The third-order valence-electron chi connectivity index (χ3n) is 5.67. The first kappa shape index (κ1) is 17.7. The minimum atomic E-state index is -0.777. The highest BCUT2D eigenvalue weighted by Crippen LogP contribution is 2.34. The molecule has 0 aliphatic heterocycles. The van der Waals surface area contributed by atoms with Gasteiger partial charge in [-0.3, -0.25) is 9.69 Å². The maximum absolute atomic E-state index is 12.2. The van der Waals surface area contributed by atoms with Crippen LogP contribution in [-0.2, 0) is 4.79 Å². The molecule has 0 spiro atoms. The van der Waals surface area contributed by atoms with Crippen LogP contribution >= 0.6 is 0 Å². The SMILES string of the molecule is CN(CCO)C1(CNC(=O)CC2(O)CCCC2)CCCCC1. The number of aliphatic hydroxyl groups excluding tert-OH is 1. The molecule has 5 heteroatoms. The Bertz CT molecular complexity index is 361. The van der Waals surface area contributed by atoms with Gasteiger partial charge in [-0.2, -0.15) is 0 Å². The van der Waals surface area contributed by atoms with E-state index in [0.29, 0.717) is 13.1 Å². The van der Waals surface area contributed by atoms with Crippen LogP contribution in [0.3, 0.4) is 0 Å². The molecule has 2 fully saturated rings. The molecule has 0 bridgehead atoms. The average Bonchev–Trinajstić information content (AvgIpc) is 2.92. The second-order valence-electron chi connectivity index (χ2n) is 7.32. The van der Waals surface area contributed by atoms with Crippen molar-refractivity contribution in [1.29, 1.82) is 0 Å². The number of rotatable bonds is 7. The van der Waals surface area contributed by atoms with Crippen molar-refractivity contribution in [2.75, 3.05) is 26.7 Å². The minimum absolute atomic E-state index is 0.0328.